The van der Waals surface area contributed by atoms with E-state index in [9.17, 15) is 9.59 Å². The van der Waals surface area contributed by atoms with E-state index in [0.717, 1.165) is 11.1 Å². The number of ether oxygens (including phenoxy) is 2. The molecule has 0 radical (unpaired) electrons. The van der Waals surface area contributed by atoms with Gasteiger partial charge >= 0.3 is 11.9 Å². The zero-order chi connectivity index (χ0) is 21.3. The summed E-state index contributed by atoms with van der Waals surface area (Å²) in [4.78, 5) is 29.5. The molecule has 0 amide bonds. The Morgan fingerprint density at radius 1 is 0.931 bits per heavy atom. The van der Waals surface area contributed by atoms with Crippen LogP contribution in [0.2, 0.25) is 0 Å². The molecule has 0 aliphatic rings. The molecule has 0 bridgehead atoms. The van der Waals surface area contributed by atoms with Crippen LogP contribution in [0.5, 0.6) is 0 Å². The van der Waals surface area contributed by atoms with Crippen molar-refractivity contribution in [1.29, 1.82) is 0 Å². The Morgan fingerprint density at radius 2 is 1.45 bits per heavy atom. The van der Waals surface area contributed by atoms with Gasteiger partial charge in [0, 0.05) is 17.5 Å². The van der Waals surface area contributed by atoms with Gasteiger partial charge in [0.05, 0.1) is 12.3 Å². The molecule has 2 aromatic rings. The Morgan fingerprint density at radius 3 is 1.90 bits per heavy atom. The molecule has 0 saturated carbocycles. The second-order valence-corrected chi connectivity index (χ2v) is 7.60. The van der Waals surface area contributed by atoms with Crippen LogP contribution in [0.3, 0.4) is 0 Å². The van der Waals surface area contributed by atoms with Crippen LogP contribution in [0, 0.1) is 0 Å². The van der Waals surface area contributed by atoms with Crippen molar-refractivity contribution in [2.24, 2.45) is 4.99 Å². The van der Waals surface area contributed by atoms with Gasteiger partial charge in [0.1, 0.15) is 11.6 Å². The van der Waals surface area contributed by atoms with E-state index in [1.54, 1.807) is 6.92 Å². The van der Waals surface area contributed by atoms with Crippen molar-refractivity contribution in [2.75, 3.05) is 6.61 Å². The first-order valence-corrected chi connectivity index (χ1v) is 9.87. The highest BCUT2D eigenvalue weighted by molar-refractivity contribution is 6.13. The van der Waals surface area contributed by atoms with Gasteiger partial charge in [0.15, 0.2) is 0 Å². The molecule has 0 aliphatic heterocycles. The molecule has 154 valence electrons. The first kappa shape index (κ1) is 22.3. The highest BCUT2D eigenvalue weighted by atomic mass is 16.6. The summed E-state index contributed by atoms with van der Waals surface area (Å²) in [7, 11) is 0. The van der Waals surface area contributed by atoms with E-state index in [2.05, 4.69) is 0 Å². The largest absolute Gasteiger partial charge is 0.466 e. The summed E-state index contributed by atoms with van der Waals surface area (Å²) >= 11 is 0. The monoisotopic (exact) mass is 395 g/mol. The average Bonchev–Trinajstić information content (AvgIpc) is 2.68. The highest BCUT2D eigenvalue weighted by Crippen LogP contribution is 2.18. The Hall–Kier alpha value is -2.95. The van der Waals surface area contributed by atoms with Crippen LogP contribution in [0.4, 0.5) is 0 Å². The van der Waals surface area contributed by atoms with E-state index in [0.29, 0.717) is 12.3 Å². The fraction of sp³-hybridized carbons (Fsp3) is 0.375. The second-order valence-electron chi connectivity index (χ2n) is 7.60. The minimum atomic E-state index is -0.811. The molecular formula is C24H29NO4. The van der Waals surface area contributed by atoms with Gasteiger partial charge in [-0.15, -0.1) is 0 Å². The molecule has 0 saturated heterocycles. The molecular weight excluding hydrogens is 366 g/mol. The van der Waals surface area contributed by atoms with Gasteiger partial charge in [0.2, 0.25) is 0 Å². The Balaban J connectivity index is 2.42. The number of esters is 2. The number of carbonyl (C=O) groups is 2. The van der Waals surface area contributed by atoms with Gasteiger partial charge in [-0.1, -0.05) is 60.7 Å². The molecule has 2 rings (SSSR count). The van der Waals surface area contributed by atoms with Gasteiger partial charge in [0.25, 0.3) is 0 Å². The number of hydrogen-bond donors (Lipinski definition) is 0. The lowest BCUT2D eigenvalue weighted by atomic mass is 10.0. The third kappa shape index (κ3) is 7.53. The molecule has 0 heterocycles. The van der Waals surface area contributed by atoms with Crippen LogP contribution in [0.25, 0.3) is 0 Å². The van der Waals surface area contributed by atoms with Crippen LogP contribution in [-0.4, -0.2) is 35.9 Å². The van der Waals surface area contributed by atoms with Crippen LogP contribution < -0.4 is 0 Å². The van der Waals surface area contributed by atoms with Crippen molar-refractivity contribution in [3.8, 4) is 0 Å². The topological polar surface area (TPSA) is 65.0 Å². The number of rotatable bonds is 8. The van der Waals surface area contributed by atoms with E-state index in [4.69, 9.17) is 14.5 Å². The predicted octanol–water partition coefficient (Wildman–Crippen LogP) is 4.58. The number of benzene rings is 2. The third-order valence-electron chi connectivity index (χ3n) is 3.99. The van der Waals surface area contributed by atoms with Crippen molar-refractivity contribution in [3.63, 3.8) is 0 Å². The van der Waals surface area contributed by atoms with E-state index in [-0.39, 0.29) is 18.8 Å². The summed E-state index contributed by atoms with van der Waals surface area (Å²) in [6, 6.07) is 18.5. The molecule has 1 atom stereocenters. The number of carbonyl (C=O) groups excluding carboxylic acids is 2. The summed E-state index contributed by atoms with van der Waals surface area (Å²) in [5.74, 6) is -0.802. The first-order valence-electron chi connectivity index (χ1n) is 9.87. The molecule has 29 heavy (non-hydrogen) atoms. The van der Waals surface area contributed by atoms with E-state index >= 15 is 0 Å². The van der Waals surface area contributed by atoms with Crippen LogP contribution in [-0.2, 0) is 19.1 Å². The normalized spacial score (nSPS) is 12.0. The smallest absolute Gasteiger partial charge is 0.331 e. The van der Waals surface area contributed by atoms with Crippen LogP contribution >= 0.6 is 0 Å². The summed E-state index contributed by atoms with van der Waals surface area (Å²) in [6.07, 6.45) is 0.315. The van der Waals surface area contributed by atoms with Gasteiger partial charge < -0.3 is 9.47 Å². The fourth-order valence-corrected chi connectivity index (χ4v) is 2.76. The van der Waals surface area contributed by atoms with Gasteiger partial charge in [-0.3, -0.25) is 9.79 Å². The molecule has 0 fully saturated rings. The summed E-state index contributed by atoms with van der Waals surface area (Å²) < 4.78 is 10.6. The van der Waals surface area contributed by atoms with Crippen molar-refractivity contribution in [2.45, 2.75) is 52.2 Å². The number of aliphatic imine (C=N–C) groups is 1. The minimum absolute atomic E-state index is 0.0953. The average molecular weight is 395 g/mol. The predicted molar refractivity (Wildman–Crippen MR) is 114 cm³/mol. The summed E-state index contributed by atoms with van der Waals surface area (Å²) in [5.41, 5.74) is 1.83. The van der Waals surface area contributed by atoms with E-state index in [1.165, 1.54) is 0 Å². The maximum absolute atomic E-state index is 12.8. The molecule has 5 nitrogen and oxygen atoms in total. The highest BCUT2D eigenvalue weighted by Gasteiger charge is 2.26. The van der Waals surface area contributed by atoms with Crippen molar-refractivity contribution >= 4 is 17.7 Å². The number of hydrogen-bond acceptors (Lipinski definition) is 5. The molecule has 0 spiro atoms. The second kappa shape index (κ2) is 10.6. The zero-order valence-electron chi connectivity index (χ0n) is 17.6. The maximum atomic E-state index is 12.8. The molecule has 2 aromatic carbocycles. The molecule has 0 N–H and O–H groups in total. The maximum Gasteiger partial charge on any atom is 0.331 e. The Labute approximate surface area is 172 Å². The lowest BCUT2D eigenvalue weighted by molar-refractivity contribution is -0.156. The van der Waals surface area contributed by atoms with Crippen molar-refractivity contribution < 1.29 is 19.1 Å². The van der Waals surface area contributed by atoms with Gasteiger partial charge in [-0.2, -0.15) is 0 Å². The Bertz CT molecular complexity index is 781. The zero-order valence-corrected chi connectivity index (χ0v) is 17.6. The van der Waals surface area contributed by atoms with Gasteiger partial charge in [-0.05, 0) is 34.1 Å². The number of nitrogens with zero attached hydrogens (tertiary/aromatic N) is 1. The van der Waals surface area contributed by atoms with Crippen LogP contribution in [0.15, 0.2) is 65.7 Å². The fourth-order valence-electron chi connectivity index (χ4n) is 2.76. The van der Waals surface area contributed by atoms with Crippen molar-refractivity contribution in [3.05, 3.63) is 71.8 Å². The quantitative estimate of drug-likeness (QED) is 0.485. The van der Waals surface area contributed by atoms with E-state index < -0.39 is 17.6 Å². The summed E-state index contributed by atoms with van der Waals surface area (Å²) in [6.45, 7) is 7.49. The van der Waals surface area contributed by atoms with Crippen LogP contribution in [0.1, 0.15) is 51.7 Å². The first-order chi connectivity index (χ1) is 13.8. The molecule has 0 unspecified atom stereocenters. The van der Waals surface area contributed by atoms with Crippen molar-refractivity contribution in [1.82, 2.24) is 0 Å². The Kier molecular flexibility index (Phi) is 8.13. The van der Waals surface area contributed by atoms with Gasteiger partial charge in [-0.25, -0.2) is 4.79 Å². The van der Waals surface area contributed by atoms with E-state index in [1.807, 2.05) is 81.4 Å². The lowest BCUT2D eigenvalue weighted by Crippen LogP contribution is -2.32. The molecule has 5 heteroatoms. The SMILES string of the molecule is CCOC(=O)CC[C@H](N=C(c1ccccc1)c1ccccc1)C(=O)OC(C)(C)C. The third-order valence-corrected chi connectivity index (χ3v) is 3.99. The standard InChI is InChI=1S/C24H29NO4/c1-5-28-21(26)17-16-20(23(27)29-24(2,3)4)25-22(18-12-8-6-9-13-18)19-14-10-7-11-15-19/h6-15,20H,5,16-17H2,1-4H3/t20-/m0/s1. The lowest BCUT2D eigenvalue weighted by Gasteiger charge is -2.23. The minimum Gasteiger partial charge on any atom is -0.466 e. The molecule has 0 aromatic heterocycles. The summed E-state index contributed by atoms with van der Waals surface area (Å²) in [5, 5.41) is 0. The molecule has 0 aliphatic carbocycles.